The predicted molar refractivity (Wildman–Crippen MR) is 61.7 cm³/mol. The number of thiazole rings is 1. The van der Waals surface area contributed by atoms with Crippen molar-refractivity contribution in [2.75, 3.05) is 25.6 Å². The Morgan fingerprint density at radius 3 is 3.13 bits per heavy atom. The molecule has 0 bridgehead atoms. The van der Waals surface area contributed by atoms with Gasteiger partial charge in [0.25, 0.3) is 0 Å². The first kappa shape index (κ1) is 10.2. The lowest BCUT2D eigenvalue weighted by atomic mass is 10.3. The Kier molecular flexibility index (Phi) is 3.03. The number of nitrogens with one attached hydrogen (secondary N) is 1. The van der Waals surface area contributed by atoms with Gasteiger partial charge in [0.05, 0.1) is 23.9 Å². The molecule has 15 heavy (non-hydrogen) atoms. The number of anilines is 1. The molecule has 0 aliphatic carbocycles. The molecule has 0 saturated carbocycles. The number of nitrogens with zero attached hydrogens (tertiary/aromatic N) is 1. The number of aliphatic hydroxyl groups is 1. The highest BCUT2D eigenvalue weighted by molar-refractivity contribution is 7.22. The average molecular weight is 224 g/mol. The number of aliphatic hydroxyl groups excluding tert-OH is 1. The number of hydrogen-bond donors (Lipinski definition) is 2. The van der Waals surface area contributed by atoms with Crippen molar-refractivity contribution in [1.29, 1.82) is 0 Å². The van der Waals surface area contributed by atoms with Gasteiger partial charge in [0.15, 0.2) is 5.13 Å². The SMILES string of the molecule is COc1ccc2nc(NCCO)sc2c1. The predicted octanol–water partition coefficient (Wildman–Crippen LogP) is 1.71. The van der Waals surface area contributed by atoms with Gasteiger partial charge in [-0.25, -0.2) is 4.98 Å². The fourth-order valence-electron chi connectivity index (χ4n) is 1.27. The van der Waals surface area contributed by atoms with E-state index in [0.29, 0.717) is 6.54 Å². The number of rotatable bonds is 4. The fourth-order valence-corrected chi connectivity index (χ4v) is 2.19. The molecule has 5 heteroatoms. The molecule has 0 aliphatic heterocycles. The molecule has 0 saturated heterocycles. The van der Waals surface area contributed by atoms with E-state index in [9.17, 15) is 0 Å². The molecule has 0 amide bonds. The lowest BCUT2D eigenvalue weighted by Gasteiger charge is -1.96. The van der Waals surface area contributed by atoms with Gasteiger partial charge < -0.3 is 15.2 Å². The highest BCUT2D eigenvalue weighted by Gasteiger charge is 2.03. The minimum absolute atomic E-state index is 0.110. The summed E-state index contributed by atoms with van der Waals surface area (Å²) in [5, 5.41) is 12.5. The summed E-state index contributed by atoms with van der Waals surface area (Å²) in [4.78, 5) is 4.37. The van der Waals surface area contributed by atoms with Crippen LogP contribution in [0.5, 0.6) is 5.75 Å². The Morgan fingerprint density at radius 2 is 2.40 bits per heavy atom. The standard InChI is InChI=1S/C10H12N2O2S/c1-14-7-2-3-8-9(6-7)15-10(12-8)11-4-5-13/h2-3,6,13H,4-5H2,1H3,(H,11,12). The van der Waals surface area contributed by atoms with E-state index in [0.717, 1.165) is 21.1 Å². The van der Waals surface area contributed by atoms with Crippen LogP contribution in [0.2, 0.25) is 0 Å². The average Bonchev–Trinajstić information content (AvgIpc) is 2.67. The second-order valence-electron chi connectivity index (χ2n) is 3.00. The van der Waals surface area contributed by atoms with Crippen LogP contribution in [0.1, 0.15) is 0 Å². The summed E-state index contributed by atoms with van der Waals surface area (Å²) in [7, 11) is 1.65. The molecule has 0 unspecified atom stereocenters. The van der Waals surface area contributed by atoms with Crippen molar-refractivity contribution >= 4 is 26.7 Å². The third-order valence-corrected chi connectivity index (χ3v) is 2.96. The largest absolute Gasteiger partial charge is 0.497 e. The summed E-state index contributed by atoms with van der Waals surface area (Å²) in [5.41, 5.74) is 0.946. The molecular weight excluding hydrogens is 212 g/mol. The molecular formula is C10H12N2O2S. The lowest BCUT2D eigenvalue weighted by molar-refractivity contribution is 0.311. The van der Waals surface area contributed by atoms with Crippen LogP contribution >= 0.6 is 11.3 Å². The summed E-state index contributed by atoms with van der Waals surface area (Å²) >= 11 is 1.55. The molecule has 0 aliphatic rings. The Balaban J connectivity index is 2.29. The Labute approximate surface area is 91.5 Å². The summed E-state index contributed by atoms with van der Waals surface area (Å²) < 4.78 is 6.21. The Bertz CT molecular complexity index is 456. The quantitative estimate of drug-likeness (QED) is 0.830. The summed E-state index contributed by atoms with van der Waals surface area (Å²) in [6.45, 7) is 0.635. The zero-order chi connectivity index (χ0) is 10.7. The molecule has 2 aromatic rings. The maximum absolute atomic E-state index is 8.68. The molecule has 1 aromatic heterocycles. The van der Waals surface area contributed by atoms with Crippen LogP contribution < -0.4 is 10.1 Å². The topological polar surface area (TPSA) is 54.4 Å². The van der Waals surface area contributed by atoms with Gasteiger partial charge in [0.1, 0.15) is 5.75 Å². The maximum atomic E-state index is 8.68. The Morgan fingerprint density at radius 1 is 1.53 bits per heavy atom. The number of ether oxygens (including phenoxy) is 1. The van der Waals surface area contributed by atoms with E-state index in [1.54, 1.807) is 18.4 Å². The monoisotopic (exact) mass is 224 g/mol. The van der Waals surface area contributed by atoms with Gasteiger partial charge in [0.2, 0.25) is 0 Å². The van der Waals surface area contributed by atoms with E-state index in [1.807, 2.05) is 18.2 Å². The maximum Gasteiger partial charge on any atom is 0.183 e. The number of benzene rings is 1. The highest BCUT2D eigenvalue weighted by Crippen LogP contribution is 2.28. The van der Waals surface area contributed by atoms with Gasteiger partial charge >= 0.3 is 0 Å². The molecule has 2 rings (SSSR count). The van der Waals surface area contributed by atoms with Crippen LogP contribution in [0.3, 0.4) is 0 Å². The fraction of sp³-hybridized carbons (Fsp3) is 0.300. The summed E-state index contributed by atoms with van der Waals surface area (Å²) in [5.74, 6) is 0.833. The zero-order valence-electron chi connectivity index (χ0n) is 8.36. The van der Waals surface area contributed by atoms with Gasteiger partial charge in [-0.15, -0.1) is 0 Å². The normalized spacial score (nSPS) is 10.5. The first-order valence-corrected chi connectivity index (χ1v) is 5.44. The molecule has 2 N–H and O–H groups in total. The van der Waals surface area contributed by atoms with Crippen molar-refractivity contribution in [3.63, 3.8) is 0 Å². The van der Waals surface area contributed by atoms with Crippen LogP contribution in [0.4, 0.5) is 5.13 Å². The van der Waals surface area contributed by atoms with Crippen molar-refractivity contribution in [3.05, 3.63) is 18.2 Å². The van der Waals surface area contributed by atoms with Gasteiger partial charge in [-0.05, 0) is 18.2 Å². The van der Waals surface area contributed by atoms with E-state index in [4.69, 9.17) is 9.84 Å². The molecule has 0 radical (unpaired) electrons. The van der Waals surface area contributed by atoms with Gasteiger partial charge in [-0.3, -0.25) is 0 Å². The molecule has 0 atom stereocenters. The van der Waals surface area contributed by atoms with Crippen molar-refractivity contribution in [2.45, 2.75) is 0 Å². The van der Waals surface area contributed by atoms with E-state index in [-0.39, 0.29) is 6.61 Å². The number of methoxy groups -OCH3 is 1. The molecule has 0 fully saturated rings. The van der Waals surface area contributed by atoms with Crippen molar-refractivity contribution in [2.24, 2.45) is 0 Å². The minimum atomic E-state index is 0.110. The first-order valence-electron chi connectivity index (χ1n) is 4.63. The number of hydrogen-bond acceptors (Lipinski definition) is 5. The molecule has 4 nitrogen and oxygen atoms in total. The van der Waals surface area contributed by atoms with Crippen molar-refractivity contribution < 1.29 is 9.84 Å². The van der Waals surface area contributed by atoms with Crippen LogP contribution in [0, 0.1) is 0 Å². The van der Waals surface area contributed by atoms with Gasteiger partial charge in [0, 0.05) is 6.54 Å². The van der Waals surface area contributed by atoms with Gasteiger partial charge in [-0.1, -0.05) is 11.3 Å². The van der Waals surface area contributed by atoms with E-state index in [2.05, 4.69) is 10.3 Å². The number of aromatic nitrogens is 1. The highest BCUT2D eigenvalue weighted by atomic mass is 32.1. The number of fused-ring (bicyclic) bond motifs is 1. The smallest absolute Gasteiger partial charge is 0.183 e. The molecule has 80 valence electrons. The first-order chi connectivity index (χ1) is 7.33. The van der Waals surface area contributed by atoms with Gasteiger partial charge in [-0.2, -0.15) is 0 Å². The second kappa shape index (κ2) is 4.46. The van der Waals surface area contributed by atoms with E-state index < -0.39 is 0 Å². The van der Waals surface area contributed by atoms with Crippen LogP contribution in [0.25, 0.3) is 10.2 Å². The minimum Gasteiger partial charge on any atom is -0.497 e. The van der Waals surface area contributed by atoms with Crippen molar-refractivity contribution in [1.82, 2.24) is 4.98 Å². The lowest BCUT2D eigenvalue weighted by Crippen LogP contribution is -2.04. The van der Waals surface area contributed by atoms with Crippen LogP contribution in [0.15, 0.2) is 18.2 Å². The van der Waals surface area contributed by atoms with E-state index >= 15 is 0 Å². The van der Waals surface area contributed by atoms with Crippen LogP contribution in [-0.4, -0.2) is 30.4 Å². The molecule has 0 spiro atoms. The third kappa shape index (κ3) is 2.19. The molecule has 1 heterocycles. The zero-order valence-corrected chi connectivity index (χ0v) is 9.17. The Hall–Kier alpha value is -1.33. The van der Waals surface area contributed by atoms with Crippen molar-refractivity contribution in [3.8, 4) is 5.75 Å². The molecule has 1 aromatic carbocycles. The third-order valence-electron chi connectivity index (χ3n) is 1.98. The second-order valence-corrected chi connectivity index (χ2v) is 4.03. The van der Waals surface area contributed by atoms with E-state index in [1.165, 1.54) is 0 Å². The summed E-state index contributed by atoms with van der Waals surface area (Å²) in [6.07, 6.45) is 0. The van der Waals surface area contributed by atoms with Crippen LogP contribution in [-0.2, 0) is 0 Å². The summed E-state index contributed by atoms with van der Waals surface area (Å²) in [6, 6.07) is 5.77.